The molecule has 5 nitrogen and oxygen atoms in total. The maximum absolute atomic E-state index is 11.1. The minimum atomic E-state index is -0.450. The molecule has 3 rings (SSSR count). The summed E-state index contributed by atoms with van der Waals surface area (Å²) in [7, 11) is 0. The molecular formula is C13H17N3O2. The average Bonchev–Trinajstić information content (AvgIpc) is 3.03. The normalized spacial score (nSPS) is 16.9. The quantitative estimate of drug-likeness (QED) is 0.724. The zero-order valence-electron chi connectivity index (χ0n) is 10.4. The molecular weight excluding hydrogens is 230 g/mol. The van der Waals surface area contributed by atoms with Gasteiger partial charge in [0.2, 0.25) is 0 Å². The summed E-state index contributed by atoms with van der Waals surface area (Å²) in [5, 5.41) is 3.38. The number of hydrogen-bond acceptors (Lipinski definition) is 4. The summed E-state index contributed by atoms with van der Waals surface area (Å²) in [6, 6.07) is 3.52. The highest BCUT2D eigenvalue weighted by molar-refractivity contribution is 5.85. The van der Waals surface area contributed by atoms with Crippen LogP contribution in [0.1, 0.15) is 26.2 Å². The first-order chi connectivity index (χ1) is 8.62. The molecule has 1 saturated carbocycles. The Balaban J connectivity index is 1.86. The fourth-order valence-corrected chi connectivity index (χ4v) is 2.28. The molecule has 18 heavy (non-hydrogen) atoms. The molecule has 0 spiro atoms. The van der Waals surface area contributed by atoms with Gasteiger partial charge in [-0.2, -0.15) is 0 Å². The third-order valence-electron chi connectivity index (χ3n) is 3.95. The Bertz CT molecular complexity index is 637. The first-order valence-electron chi connectivity index (χ1n) is 6.28. The van der Waals surface area contributed by atoms with Crippen LogP contribution >= 0.6 is 0 Å². The molecule has 2 aromatic rings. The topological polar surface area (TPSA) is 84.0 Å². The molecule has 0 bridgehead atoms. The molecule has 96 valence electrons. The number of nitrogens with one attached hydrogen (secondary N) is 2. The van der Waals surface area contributed by atoms with Crippen LogP contribution in [0, 0.1) is 5.41 Å². The number of fused-ring (bicyclic) bond motifs is 1. The van der Waals surface area contributed by atoms with E-state index in [0.717, 1.165) is 12.2 Å². The Morgan fingerprint density at radius 1 is 1.50 bits per heavy atom. The first kappa shape index (κ1) is 11.2. The molecule has 0 radical (unpaired) electrons. The van der Waals surface area contributed by atoms with Crippen LogP contribution in [0.2, 0.25) is 0 Å². The number of nitrogens with two attached hydrogens (primary N) is 1. The smallest absolute Gasteiger partial charge is 0.408 e. The summed E-state index contributed by atoms with van der Waals surface area (Å²) in [6.45, 7) is 3.15. The van der Waals surface area contributed by atoms with E-state index in [0.29, 0.717) is 22.2 Å². The fourth-order valence-electron chi connectivity index (χ4n) is 2.28. The van der Waals surface area contributed by atoms with Crippen LogP contribution in [-0.4, -0.2) is 11.5 Å². The van der Waals surface area contributed by atoms with Gasteiger partial charge in [-0.1, -0.05) is 6.92 Å². The number of aromatic amines is 1. The zero-order valence-corrected chi connectivity index (χ0v) is 10.4. The van der Waals surface area contributed by atoms with Crippen LogP contribution < -0.4 is 16.8 Å². The maximum Gasteiger partial charge on any atom is 0.417 e. The SMILES string of the molecule is CCC1(CNc2cc3[nH]c(=O)oc3cc2N)CC1. The number of anilines is 2. The lowest BCUT2D eigenvalue weighted by atomic mass is 10.0. The molecule has 4 N–H and O–H groups in total. The summed E-state index contributed by atoms with van der Waals surface area (Å²) < 4.78 is 4.96. The molecule has 0 aliphatic heterocycles. The van der Waals surface area contributed by atoms with Crippen molar-refractivity contribution in [2.75, 3.05) is 17.6 Å². The Kier molecular flexibility index (Phi) is 2.36. The van der Waals surface area contributed by atoms with Crippen molar-refractivity contribution in [2.45, 2.75) is 26.2 Å². The van der Waals surface area contributed by atoms with Gasteiger partial charge in [-0.25, -0.2) is 4.79 Å². The highest BCUT2D eigenvalue weighted by atomic mass is 16.4. The van der Waals surface area contributed by atoms with E-state index in [-0.39, 0.29) is 0 Å². The van der Waals surface area contributed by atoms with Gasteiger partial charge < -0.3 is 15.5 Å². The number of aromatic nitrogens is 1. The largest absolute Gasteiger partial charge is 0.417 e. The first-order valence-corrected chi connectivity index (χ1v) is 6.28. The van der Waals surface area contributed by atoms with Gasteiger partial charge in [-0.05, 0) is 30.7 Å². The molecule has 0 amide bonds. The van der Waals surface area contributed by atoms with Gasteiger partial charge in [-0.3, -0.25) is 4.98 Å². The lowest BCUT2D eigenvalue weighted by molar-refractivity contribution is 0.521. The second-order valence-corrected chi connectivity index (χ2v) is 5.16. The van der Waals surface area contributed by atoms with Crippen LogP contribution in [0.25, 0.3) is 11.1 Å². The van der Waals surface area contributed by atoms with E-state index in [1.807, 2.05) is 6.07 Å². The van der Waals surface area contributed by atoms with Crippen molar-refractivity contribution in [1.29, 1.82) is 0 Å². The highest BCUT2D eigenvalue weighted by Crippen LogP contribution is 2.48. The van der Waals surface area contributed by atoms with Crippen LogP contribution in [0.5, 0.6) is 0 Å². The van der Waals surface area contributed by atoms with Crippen LogP contribution in [0.3, 0.4) is 0 Å². The van der Waals surface area contributed by atoms with Crippen LogP contribution in [-0.2, 0) is 0 Å². The number of hydrogen-bond donors (Lipinski definition) is 3. The minimum Gasteiger partial charge on any atom is -0.408 e. The summed E-state index contributed by atoms with van der Waals surface area (Å²) in [5.74, 6) is -0.450. The van der Waals surface area contributed by atoms with Crippen molar-refractivity contribution in [2.24, 2.45) is 5.41 Å². The molecule has 1 aliphatic carbocycles. The fraction of sp³-hybridized carbons (Fsp3) is 0.462. The van der Waals surface area contributed by atoms with E-state index >= 15 is 0 Å². The summed E-state index contributed by atoms with van der Waals surface area (Å²) in [4.78, 5) is 13.7. The summed E-state index contributed by atoms with van der Waals surface area (Å²) in [6.07, 6.45) is 3.74. The monoisotopic (exact) mass is 247 g/mol. The maximum atomic E-state index is 11.1. The molecule has 1 fully saturated rings. The summed E-state index contributed by atoms with van der Waals surface area (Å²) in [5.41, 5.74) is 9.05. The summed E-state index contributed by atoms with van der Waals surface area (Å²) >= 11 is 0. The van der Waals surface area contributed by atoms with Gasteiger partial charge in [0.25, 0.3) is 0 Å². The third kappa shape index (κ3) is 1.85. The number of rotatable bonds is 4. The second kappa shape index (κ2) is 3.80. The van der Waals surface area contributed by atoms with Crippen molar-refractivity contribution in [1.82, 2.24) is 4.98 Å². The highest BCUT2D eigenvalue weighted by Gasteiger charge is 2.40. The number of nitrogen functional groups attached to an aromatic ring is 1. The van der Waals surface area contributed by atoms with Gasteiger partial charge in [0.15, 0.2) is 5.58 Å². The minimum absolute atomic E-state index is 0.450. The van der Waals surface area contributed by atoms with Crippen LogP contribution in [0.15, 0.2) is 21.3 Å². The molecule has 1 aliphatic rings. The Morgan fingerprint density at radius 2 is 2.28 bits per heavy atom. The van der Waals surface area contributed by atoms with E-state index in [9.17, 15) is 4.79 Å². The number of oxazole rings is 1. The Hall–Kier alpha value is -1.91. The lowest BCUT2D eigenvalue weighted by Gasteiger charge is -2.15. The Morgan fingerprint density at radius 3 is 2.94 bits per heavy atom. The predicted molar refractivity (Wildman–Crippen MR) is 71.7 cm³/mol. The molecule has 1 aromatic heterocycles. The van der Waals surface area contributed by atoms with Crippen molar-refractivity contribution < 1.29 is 4.42 Å². The molecule has 1 aromatic carbocycles. The van der Waals surface area contributed by atoms with Gasteiger partial charge in [0.05, 0.1) is 16.9 Å². The van der Waals surface area contributed by atoms with Crippen LogP contribution in [0.4, 0.5) is 11.4 Å². The predicted octanol–water partition coefficient (Wildman–Crippen LogP) is 2.31. The number of benzene rings is 1. The standard InChI is InChI=1S/C13H17N3O2/c1-2-13(3-4-13)7-15-9-6-10-11(5-8(9)14)18-12(17)16-10/h5-6,15H,2-4,7,14H2,1H3,(H,16,17). The molecule has 0 saturated heterocycles. The van der Waals surface area contributed by atoms with Gasteiger partial charge in [0.1, 0.15) is 0 Å². The van der Waals surface area contributed by atoms with E-state index in [2.05, 4.69) is 17.2 Å². The Labute approximate surface area is 104 Å². The van der Waals surface area contributed by atoms with E-state index in [1.165, 1.54) is 19.3 Å². The van der Waals surface area contributed by atoms with Crippen molar-refractivity contribution >= 4 is 22.5 Å². The van der Waals surface area contributed by atoms with E-state index in [1.54, 1.807) is 6.07 Å². The lowest BCUT2D eigenvalue weighted by Crippen LogP contribution is -2.15. The van der Waals surface area contributed by atoms with Gasteiger partial charge >= 0.3 is 5.76 Å². The molecule has 0 unspecified atom stereocenters. The van der Waals surface area contributed by atoms with E-state index < -0.39 is 5.76 Å². The molecule has 1 heterocycles. The third-order valence-corrected chi connectivity index (χ3v) is 3.95. The number of H-pyrrole nitrogens is 1. The van der Waals surface area contributed by atoms with Gasteiger partial charge in [0, 0.05) is 12.6 Å². The van der Waals surface area contributed by atoms with Gasteiger partial charge in [-0.15, -0.1) is 0 Å². The molecule has 0 atom stereocenters. The zero-order chi connectivity index (χ0) is 12.8. The van der Waals surface area contributed by atoms with Crippen molar-refractivity contribution in [3.8, 4) is 0 Å². The average molecular weight is 247 g/mol. The van der Waals surface area contributed by atoms with Crippen molar-refractivity contribution in [3.63, 3.8) is 0 Å². The second-order valence-electron chi connectivity index (χ2n) is 5.16. The molecule has 5 heteroatoms. The van der Waals surface area contributed by atoms with Crippen molar-refractivity contribution in [3.05, 3.63) is 22.7 Å². The van der Waals surface area contributed by atoms with E-state index in [4.69, 9.17) is 10.2 Å².